The van der Waals surface area contributed by atoms with Crippen LogP contribution in [0.25, 0.3) is 11.0 Å². The van der Waals surface area contributed by atoms with Gasteiger partial charge in [0.2, 0.25) is 11.8 Å². The molecule has 0 bridgehead atoms. The van der Waals surface area contributed by atoms with E-state index in [1.807, 2.05) is 26.0 Å². The highest BCUT2D eigenvalue weighted by molar-refractivity contribution is 7.87. The number of halogens is 1. The SMILES string of the molecule is CC(C)n1c(O[C@@H]2C[C@H]3C(=O)C[C@]4(C(=O)NS(=O)(=O)N(C)C)C[C@H]4/C=C\CCCCC[C@H](NC(=O)OC(C)(C)C)C(=O)N3C2)nc2ccc(F)cc21. The van der Waals surface area contributed by atoms with Crippen molar-refractivity contribution in [2.75, 3.05) is 20.6 Å². The van der Waals surface area contributed by atoms with Crippen molar-refractivity contribution in [1.29, 1.82) is 0 Å². The van der Waals surface area contributed by atoms with Crippen LogP contribution in [0.5, 0.6) is 6.01 Å². The van der Waals surface area contributed by atoms with Gasteiger partial charge in [-0.2, -0.15) is 17.7 Å². The largest absolute Gasteiger partial charge is 0.459 e. The highest BCUT2D eigenvalue weighted by Gasteiger charge is 2.61. The molecular formula is C36H51FN6O8S. The van der Waals surface area contributed by atoms with Crippen molar-refractivity contribution in [3.8, 4) is 6.01 Å². The van der Waals surface area contributed by atoms with Crippen molar-refractivity contribution >= 4 is 44.9 Å². The Morgan fingerprint density at radius 3 is 2.54 bits per heavy atom. The normalized spacial score (nSPS) is 26.7. The van der Waals surface area contributed by atoms with E-state index in [0.717, 1.165) is 17.1 Å². The second-order valence-electron chi connectivity index (χ2n) is 15.6. The van der Waals surface area contributed by atoms with Crippen molar-refractivity contribution in [2.45, 2.75) is 116 Å². The number of amides is 3. The molecule has 3 heterocycles. The Hall–Kier alpha value is -4.05. The van der Waals surface area contributed by atoms with E-state index < -0.39 is 68.9 Å². The Labute approximate surface area is 304 Å². The summed E-state index contributed by atoms with van der Waals surface area (Å²) < 4.78 is 56.3. The number of imidazole rings is 1. The number of carbonyl (C=O) groups is 4. The lowest BCUT2D eigenvalue weighted by Crippen LogP contribution is -2.53. The fraction of sp³-hybridized carbons (Fsp3) is 0.639. The van der Waals surface area contributed by atoms with Gasteiger partial charge in [0, 0.05) is 33.0 Å². The Morgan fingerprint density at radius 2 is 1.87 bits per heavy atom. The average Bonchev–Trinajstić information content (AvgIpc) is 3.37. The quantitative estimate of drug-likeness (QED) is 0.390. The topological polar surface area (TPSA) is 169 Å². The summed E-state index contributed by atoms with van der Waals surface area (Å²) in [4.78, 5) is 61.5. The van der Waals surface area contributed by atoms with Crippen molar-refractivity contribution in [3.05, 3.63) is 36.2 Å². The number of hydrogen-bond acceptors (Lipinski definition) is 9. The number of hydrogen-bond donors (Lipinski definition) is 2. The number of rotatable bonds is 7. The molecular weight excluding hydrogens is 695 g/mol. The van der Waals surface area contributed by atoms with E-state index >= 15 is 0 Å². The van der Waals surface area contributed by atoms with Crippen LogP contribution >= 0.6 is 0 Å². The number of allylic oxidation sites excluding steroid dienone is 2. The van der Waals surface area contributed by atoms with Gasteiger partial charge in [0.25, 0.3) is 6.01 Å². The fourth-order valence-corrected chi connectivity index (χ4v) is 7.65. The van der Waals surface area contributed by atoms with Gasteiger partial charge in [-0.3, -0.25) is 19.0 Å². The van der Waals surface area contributed by atoms with Gasteiger partial charge < -0.3 is 19.7 Å². The van der Waals surface area contributed by atoms with Gasteiger partial charge in [0.05, 0.1) is 29.0 Å². The van der Waals surface area contributed by atoms with Crippen LogP contribution in [0.2, 0.25) is 0 Å². The Kier molecular flexibility index (Phi) is 11.4. The summed E-state index contributed by atoms with van der Waals surface area (Å²) in [5, 5.41) is 2.73. The van der Waals surface area contributed by atoms with Crippen LogP contribution in [0.15, 0.2) is 30.4 Å². The highest BCUT2D eigenvalue weighted by Crippen LogP contribution is 2.57. The molecule has 0 spiro atoms. The van der Waals surface area contributed by atoms with Crippen molar-refractivity contribution in [2.24, 2.45) is 11.3 Å². The lowest BCUT2D eigenvalue weighted by molar-refractivity contribution is -0.140. The highest BCUT2D eigenvalue weighted by atomic mass is 32.2. The van der Waals surface area contributed by atoms with E-state index in [4.69, 9.17) is 9.47 Å². The van der Waals surface area contributed by atoms with Gasteiger partial charge in [-0.05, 0) is 84.4 Å². The van der Waals surface area contributed by atoms with Crippen LogP contribution in [0.1, 0.15) is 92.0 Å². The maximum absolute atomic E-state index is 14.4. The first-order chi connectivity index (χ1) is 24.3. The van der Waals surface area contributed by atoms with Crippen LogP contribution < -0.4 is 14.8 Å². The van der Waals surface area contributed by atoms with E-state index in [2.05, 4.69) is 15.0 Å². The van der Waals surface area contributed by atoms with Gasteiger partial charge in [-0.15, -0.1) is 0 Å². The van der Waals surface area contributed by atoms with E-state index in [9.17, 15) is 32.0 Å². The molecule has 5 rings (SSSR count). The second-order valence-corrected chi connectivity index (χ2v) is 17.5. The molecule has 2 aromatic rings. The zero-order valence-corrected chi connectivity index (χ0v) is 31.8. The molecule has 52 heavy (non-hydrogen) atoms. The first-order valence-electron chi connectivity index (χ1n) is 17.9. The van der Waals surface area contributed by atoms with E-state index in [1.165, 1.54) is 31.1 Å². The molecule has 1 aromatic heterocycles. The first-order valence-corrected chi connectivity index (χ1v) is 19.3. The summed E-state index contributed by atoms with van der Waals surface area (Å²) in [7, 11) is -1.54. The van der Waals surface area contributed by atoms with Crippen LogP contribution in [0.3, 0.4) is 0 Å². The number of alkyl carbamates (subject to hydrolysis) is 1. The first kappa shape index (κ1) is 39.2. The van der Waals surface area contributed by atoms with Crippen LogP contribution in [-0.4, -0.2) is 95.3 Å². The van der Waals surface area contributed by atoms with E-state index in [1.54, 1.807) is 31.4 Å². The molecule has 1 aromatic carbocycles. The number of ketones is 1. The maximum atomic E-state index is 14.4. The Bertz CT molecular complexity index is 1840. The third-order valence-corrected chi connectivity index (χ3v) is 11.2. The predicted octanol–water partition coefficient (Wildman–Crippen LogP) is 4.41. The number of benzene rings is 1. The summed E-state index contributed by atoms with van der Waals surface area (Å²) >= 11 is 0. The van der Waals surface area contributed by atoms with Gasteiger partial charge in [0.1, 0.15) is 23.6 Å². The number of Topliss-reactive ketones (excluding diaryl/α,β-unsaturated/α-hetero) is 1. The zero-order chi connectivity index (χ0) is 38.2. The molecule has 3 amide bonds. The van der Waals surface area contributed by atoms with Crippen molar-refractivity contribution in [1.82, 2.24) is 28.8 Å². The standard InChI is InChI=1S/C36H51FN6O8S/c1-22(2)43-28-17-24(37)15-16-26(28)38-33(43)50-25-18-29-30(44)20-36(32(46)40-52(48,49)41(6)7)19-23(36)13-11-9-8-10-12-14-27(31(45)42(29)21-25)39-34(47)51-35(3,4)5/h11,13,15-17,22-23,25,27,29H,8-10,12,14,18-21H2,1-7H3,(H,39,47)(H,40,46)/b13-11-/t23-,25-,27+,29+,36-/m1/s1. The van der Waals surface area contributed by atoms with E-state index in [0.29, 0.717) is 30.3 Å². The van der Waals surface area contributed by atoms with Gasteiger partial charge in [0.15, 0.2) is 5.78 Å². The minimum Gasteiger partial charge on any atom is -0.459 e. The fourth-order valence-electron chi connectivity index (χ4n) is 7.03. The molecule has 2 fully saturated rings. The monoisotopic (exact) mass is 746 g/mol. The van der Waals surface area contributed by atoms with Crippen LogP contribution in [0, 0.1) is 17.2 Å². The third kappa shape index (κ3) is 8.76. The number of carbonyl (C=O) groups excluding carboxylic acids is 4. The minimum atomic E-state index is -4.14. The van der Waals surface area contributed by atoms with Crippen LogP contribution in [-0.2, 0) is 29.3 Å². The van der Waals surface area contributed by atoms with E-state index in [-0.39, 0.29) is 43.8 Å². The molecule has 0 unspecified atom stereocenters. The summed E-state index contributed by atoms with van der Waals surface area (Å²) in [6.45, 7) is 8.92. The minimum absolute atomic E-state index is 0.0328. The average molecular weight is 747 g/mol. The number of ether oxygens (including phenoxy) is 2. The molecule has 2 aliphatic heterocycles. The predicted molar refractivity (Wildman–Crippen MR) is 191 cm³/mol. The third-order valence-electron chi connectivity index (χ3n) is 9.82. The lowest BCUT2D eigenvalue weighted by atomic mass is 9.91. The smallest absolute Gasteiger partial charge is 0.408 e. The van der Waals surface area contributed by atoms with Gasteiger partial charge in [-0.25, -0.2) is 13.9 Å². The molecule has 0 radical (unpaired) electrons. The molecule has 5 atom stereocenters. The zero-order valence-electron chi connectivity index (χ0n) is 31.0. The molecule has 286 valence electrons. The molecule has 1 saturated heterocycles. The van der Waals surface area contributed by atoms with Crippen molar-refractivity contribution in [3.63, 3.8) is 0 Å². The Morgan fingerprint density at radius 1 is 1.13 bits per heavy atom. The molecule has 1 saturated carbocycles. The molecule has 1 aliphatic carbocycles. The maximum Gasteiger partial charge on any atom is 0.408 e. The second kappa shape index (κ2) is 15.1. The Balaban J connectivity index is 1.50. The molecule has 16 heteroatoms. The summed E-state index contributed by atoms with van der Waals surface area (Å²) in [5.74, 6) is -2.51. The summed E-state index contributed by atoms with van der Waals surface area (Å²) in [5.41, 5.74) is -1.10. The summed E-state index contributed by atoms with van der Waals surface area (Å²) in [6.07, 6.45) is 5.48. The van der Waals surface area contributed by atoms with Gasteiger partial charge >= 0.3 is 16.3 Å². The van der Waals surface area contributed by atoms with Crippen molar-refractivity contribution < 1.29 is 41.5 Å². The summed E-state index contributed by atoms with van der Waals surface area (Å²) in [6, 6.07) is 2.19. The molecule has 2 N–H and O–H groups in total. The number of nitrogens with zero attached hydrogens (tertiary/aromatic N) is 4. The lowest BCUT2D eigenvalue weighted by Gasteiger charge is -2.30. The molecule has 14 nitrogen and oxygen atoms in total. The van der Waals surface area contributed by atoms with Gasteiger partial charge in [-0.1, -0.05) is 25.0 Å². The number of aromatic nitrogens is 2. The molecule has 3 aliphatic rings. The number of nitrogens with one attached hydrogen (secondary N) is 2. The number of fused-ring (bicyclic) bond motifs is 3. The van der Waals surface area contributed by atoms with Crippen LogP contribution in [0.4, 0.5) is 9.18 Å².